The number of rotatable bonds is 6. The highest BCUT2D eigenvalue weighted by atomic mass is 32.2. The summed E-state index contributed by atoms with van der Waals surface area (Å²) >= 11 is 0. The van der Waals surface area contributed by atoms with Gasteiger partial charge in [0.15, 0.2) is 0 Å². The number of carbonyl (C=O) groups excluding carboxylic acids is 1. The third-order valence-corrected chi connectivity index (χ3v) is 4.04. The van der Waals surface area contributed by atoms with Gasteiger partial charge in [0.2, 0.25) is 0 Å². The van der Waals surface area contributed by atoms with Crippen molar-refractivity contribution in [2.45, 2.75) is 31.2 Å². The zero-order chi connectivity index (χ0) is 14.5. The molecule has 0 spiro atoms. The number of carbonyl (C=O) groups is 1. The third kappa shape index (κ3) is 4.62. The van der Waals surface area contributed by atoms with Crippen LogP contribution in [0.1, 0.15) is 18.9 Å². The minimum absolute atomic E-state index is 0.156. The van der Waals surface area contributed by atoms with Crippen LogP contribution in [0.15, 0.2) is 30.3 Å². The predicted molar refractivity (Wildman–Crippen MR) is 71.4 cm³/mol. The minimum atomic E-state index is -4.10. The SMILES string of the molecule is CCC(N)S(=O)(=O)OC(=O)[C@@H](N)Cc1ccccc1. The Morgan fingerprint density at radius 3 is 2.37 bits per heavy atom. The Morgan fingerprint density at radius 1 is 1.26 bits per heavy atom. The second kappa shape index (κ2) is 6.65. The normalized spacial score (nSPS) is 14.7. The lowest BCUT2D eigenvalue weighted by Crippen LogP contribution is -2.40. The number of hydrogen-bond acceptors (Lipinski definition) is 6. The Bertz CT molecular complexity index is 516. The molecule has 1 rings (SSSR count). The van der Waals surface area contributed by atoms with Gasteiger partial charge in [-0.2, -0.15) is 8.42 Å². The molecule has 0 aromatic heterocycles. The molecule has 19 heavy (non-hydrogen) atoms. The number of benzene rings is 1. The van der Waals surface area contributed by atoms with Crippen molar-refractivity contribution in [3.05, 3.63) is 35.9 Å². The number of nitrogens with two attached hydrogens (primary N) is 2. The van der Waals surface area contributed by atoms with Gasteiger partial charge in [0.05, 0.1) is 0 Å². The second-order valence-electron chi connectivity index (χ2n) is 4.14. The lowest BCUT2D eigenvalue weighted by atomic mass is 10.1. The molecule has 4 N–H and O–H groups in total. The van der Waals surface area contributed by atoms with Gasteiger partial charge in [0.1, 0.15) is 11.4 Å². The summed E-state index contributed by atoms with van der Waals surface area (Å²) in [7, 11) is -4.10. The molecule has 6 nitrogen and oxygen atoms in total. The Balaban J connectivity index is 2.64. The van der Waals surface area contributed by atoms with Gasteiger partial charge in [-0.1, -0.05) is 37.3 Å². The molecule has 0 amide bonds. The topological polar surface area (TPSA) is 112 Å². The molecule has 106 valence electrons. The van der Waals surface area contributed by atoms with E-state index in [1.165, 1.54) is 0 Å². The standard InChI is InChI=1S/C12H18N2O4S/c1-2-11(14)19(16,17)18-12(15)10(13)8-9-6-4-3-5-7-9/h3-7,10-11H,2,8,13-14H2,1H3/t10-,11?/m0/s1. The molecule has 0 fully saturated rings. The van der Waals surface area contributed by atoms with Gasteiger partial charge in [-0.25, -0.2) is 4.79 Å². The molecule has 0 saturated heterocycles. The molecule has 0 saturated carbocycles. The van der Waals surface area contributed by atoms with Crippen LogP contribution >= 0.6 is 0 Å². The van der Waals surface area contributed by atoms with Crippen LogP contribution in [0.3, 0.4) is 0 Å². The maximum atomic E-state index is 11.6. The van der Waals surface area contributed by atoms with Crippen molar-refractivity contribution in [1.82, 2.24) is 0 Å². The molecule has 0 bridgehead atoms. The van der Waals surface area contributed by atoms with E-state index in [1.807, 2.05) is 6.07 Å². The molecule has 2 atom stereocenters. The highest BCUT2D eigenvalue weighted by Gasteiger charge is 2.27. The quantitative estimate of drug-likeness (QED) is 0.718. The van der Waals surface area contributed by atoms with Crippen molar-refractivity contribution in [3.8, 4) is 0 Å². The summed E-state index contributed by atoms with van der Waals surface area (Å²) in [6, 6.07) is 7.98. The molecule has 7 heteroatoms. The van der Waals surface area contributed by atoms with Gasteiger partial charge in [-0.05, 0) is 18.4 Å². The Hall–Kier alpha value is -1.44. The summed E-state index contributed by atoms with van der Waals surface area (Å²) in [5, 5.41) is -1.22. The Labute approximate surface area is 112 Å². The Morgan fingerprint density at radius 2 is 1.84 bits per heavy atom. The van der Waals surface area contributed by atoms with Crippen LogP contribution in [0.2, 0.25) is 0 Å². The summed E-state index contributed by atoms with van der Waals surface area (Å²) in [6.45, 7) is 1.58. The van der Waals surface area contributed by atoms with Crippen molar-refractivity contribution in [3.63, 3.8) is 0 Å². The lowest BCUT2D eigenvalue weighted by molar-refractivity contribution is -0.135. The zero-order valence-corrected chi connectivity index (χ0v) is 11.5. The summed E-state index contributed by atoms with van der Waals surface area (Å²) in [4.78, 5) is 11.6. The smallest absolute Gasteiger partial charge is 0.339 e. The van der Waals surface area contributed by atoms with Crippen molar-refractivity contribution < 1.29 is 17.4 Å². The molecule has 0 radical (unpaired) electrons. The van der Waals surface area contributed by atoms with Gasteiger partial charge in [-0.15, -0.1) is 0 Å². The molecule has 0 aliphatic heterocycles. The first kappa shape index (κ1) is 15.6. The van der Waals surface area contributed by atoms with Gasteiger partial charge >= 0.3 is 16.1 Å². The Kier molecular flexibility index (Phi) is 5.46. The molecular weight excluding hydrogens is 268 g/mol. The fourth-order valence-corrected chi connectivity index (χ4v) is 2.28. The average Bonchev–Trinajstić information content (AvgIpc) is 2.38. The molecule has 1 aromatic carbocycles. The molecule has 0 aliphatic rings. The zero-order valence-electron chi connectivity index (χ0n) is 10.7. The van der Waals surface area contributed by atoms with Crippen molar-refractivity contribution >= 4 is 16.1 Å². The van der Waals surface area contributed by atoms with Gasteiger partial charge < -0.3 is 15.7 Å². The maximum absolute atomic E-state index is 11.6. The van der Waals surface area contributed by atoms with E-state index in [0.717, 1.165) is 5.56 Å². The van der Waals surface area contributed by atoms with Crippen molar-refractivity contribution in [1.29, 1.82) is 0 Å². The highest BCUT2D eigenvalue weighted by Crippen LogP contribution is 2.07. The van der Waals surface area contributed by atoms with E-state index in [0.29, 0.717) is 0 Å². The second-order valence-corrected chi connectivity index (χ2v) is 5.90. The first-order chi connectivity index (χ1) is 8.86. The number of hydrogen-bond donors (Lipinski definition) is 2. The van der Waals surface area contributed by atoms with Crippen LogP contribution in [0, 0.1) is 0 Å². The van der Waals surface area contributed by atoms with Gasteiger partial charge in [-0.3, -0.25) is 0 Å². The van der Waals surface area contributed by atoms with Crippen LogP contribution < -0.4 is 11.5 Å². The molecular formula is C12H18N2O4S. The summed E-state index contributed by atoms with van der Waals surface area (Å²) in [6.07, 6.45) is 0.361. The largest absolute Gasteiger partial charge is 0.343 e. The van der Waals surface area contributed by atoms with E-state index >= 15 is 0 Å². The summed E-state index contributed by atoms with van der Waals surface area (Å²) in [5.41, 5.74) is 11.8. The van der Waals surface area contributed by atoms with E-state index in [9.17, 15) is 13.2 Å². The van der Waals surface area contributed by atoms with Crippen LogP contribution in [-0.4, -0.2) is 25.8 Å². The third-order valence-electron chi connectivity index (χ3n) is 2.57. The molecule has 1 aromatic rings. The average molecular weight is 286 g/mol. The van der Waals surface area contributed by atoms with Crippen molar-refractivity contribution in [2.75, 3.05) is 0 Å². The van der Waals surface area contributed by atoms with E-state index < -0.39 is 27.5 Å². The maximum Gasteiger partial charge on any atom is 0.339 e. The minimum Gasteiger partial charge on any atom is -0.343 e. The van der Waals surface area contributed by atoms with Gasteiger partial charge in [0.25, 0.3) is 0 Å². The van der Waals surface area contributed by atoms with Crippen LogP contribution in [-0.2, 0) is 25.5 Å². The molecule has 0 heterocycles. The van der Waals surface area contributed by atoms with E-state index in [2.05, 4.69) is 4.18 Å². The first-order valence-corrected chi connectivity index (χ1v) is 7.36. The first-order valence-electron chi connectivity index (χ1n) is 5.89. The van der Waals surface area contributed by atoms with E-state index in [4.69, 9.17) is 11.5 Å². The van der Waals surface area contributed by atoms with Gasteiger partial charge in [0, 0.05) is 0 Å². The highest BCUT2D eigenvalue weighted by molar-refractivity contribution is 7.87. The monoisotopic (exact) mass is 286 g/mol. The fourth-order valence-electron chi connectivity index (χ4n) is 1.39. The molecule has 0 aliphatic carbocycles. The predicted octanol–water partition coefficient (Wildman–Crippen LogP) is 0.124. The fraction of sp³-hybridized carbons (Fsp3) is 0.417. The summed E-state index contributed by atoms with van der Waals surface area (Å²) in [5.74, 6) is -0.993. The summed E-state index contributed by atoms with van der Waals surface area (Å²) < 4.78 is 27.4. The van der Waals surface area contributed by atoms with Crippen LogP contribution in [0.25, 0.3) is 0 Å². The lowest BCUT2D eigenvalue weighted by Gasteiger charge is -2.14. The van der Waals surface area contributed by atoms with Crippen molar-refractivity contribution in [2.24, 2.45) is 11.5 Å². The van der Waals surface area contributed by atoms with Crippen LogP contribution in [0.5, 0.6) is 0 Å². The molecule has 1 unspecified atom stereocenters. The van der Waals surface area contributed by atoms with E-state index in [-0.39, 0.29) is 12.8 Å². The van der Waals surface area contributed by atoms with Crippen LogP contribution in [0.4, 0.5) is 0 Å². The van der Waals surface area contributed by atoms with E-state index in [1.54, 1.807) is 31.2 Å².